The van der Waals surface area contributed by atoms with Gasteiger partial charge < -0.3 is 4.74 Å². The third kappa shape index (κ3) is 2.38. The molecule has 0 atom stereocenters. The fourth-order valence-corrected chi connectivity index (χ4v) is 2.01. The van der Waals surface area contributed by atoms with Crippen molar-refractivity contribution in [1.29, 1.82) is 0 Å². The molecular weight excluding hydrogens is 301 g/mol. The minimum absolute atomic E-state index is 0.333. The number of aromatic nitrogens is 2. The van der Waals surface area contributed by atoms with Gasteiger partial charge in [-0.25, -0.2) is 0 Å². The molecule has 0 radical (unpaired) electrons. The van der Waals surface area contributed by atoms with Crippen molar-refractivity contribution in [2.75, 3.05) is 7.11 Å². The molecule has 7 heteroatoms. The van der Waals surface area contributed by atoms with Crippen molar-refractivity contribution in [3.63, 3.8) is 0 Å². The van der Waals surface area contributed by atoms with E-state index in [9.17, 15) is 13.2 Å². The van der Waals surface area contributed by atoms with Gasteiger partial charge in [-0.15, -0.1) is 0 Å². The van der Waals surface area contributed by atoms with Crippen LogP contribution >= 0.6 is 15.9 Å². The summed E-state index contributed by atoms with van der Waals surface area (Å²) in [6, 6.07) is 3.31. The van der Waals surface area contributed by atoms with Gasteiger partial charge in [-0.2, -0.15) is 18.3 Å². The number of benzene rings is 1. The summed E-state index contributed by atoms with van der Waals surface area (Å²) in [7, 11) is 1.41. The number of rotatable bonds is 2. The summed E-state index contributed by atoms with van der Waals surface area (Å²) in [5.41, 5.74) is 0.333. The number of ether oxygens (including phenoxy) is 1. The van der Waals surface area contributed by atoms with Gasteiger partial charge in [0.1, 0.15) is 17.8 Å². The summed E-state index contributed by atoms with van der Waals surface area (Å²) in [6.45, 7) is -1.14. The maximum atomic E-state index is 12.4. The highest BCUT2D eigenvalue weighted by Crippen LogP contribution is 2.32. The van der Waals surface area contributed by atoms with Crippen LogP contribution in [0.15, 0.2) is 22.8 Å². The van der Waals surface area contributed by atoms with Crippen LogP contribution in [-0.4, -0.2) is 23.1 Å². The molecule has 0 saturated heterocycles. The Hall–Kier alpha value is -1.24. The Morgan fingerprint density at radius 1 is 1.41 bits per heavy atom. The van der Waals surface area contributed by atoms with E-state index in [0.717, 1.165) is 4.68 Å². The van der Waals surface area contributed by atoms with Gasteiger partial charge in [0.2, 0.25) is 0 Å². The van der Waals surface area contributed by atoms with Crippen LogP contribution in [0.4, 0.5) is 13.2 Å². The van der Waals surface area contributed by atoms with E-state index in [1.54, 1.807) is 12.1 Å². The molecule has 0 unspecified atom stereocenters. The quantitative estimate of drug-likeness (QED) is 0.850. The van der Waals surface area contributed by atoms with Crippen LogP contribution in [0.25, 0.3) is 10.9 Å². The van der Waals surface area contributed by atoms with E-state index in [1.165, 1.54) is 13.3 Å². The molecule has 1 aromatic heterocycles. The number of fused-ring (bicyclic) bond motifs is 1. The molecule has 0 aliphatic heterocycles. The molecule has 2 rings (SSSR count). The third-order valence-corrected chi connectivity index (χ3v) is 2.95. The normalized spacial score (nSPS) is 12.1. The first-order valence-electron chi connectivity index (χ1n) is 4.67. The molecule has 0 bridgehead atoms. The van der Waals surface area contributed by atoms with Crippen molar-refractivity contribution in [2.24, 2.45) is 0 Å². The zero-order valence-electron chi connectivity index (χ0n) is 8.75. The lowest BCUT2D eigenvalue weighted by Gasteiger charge is -2.10. The molecule has 0 aliphatic rings. The fourth-order valence-electron chi connectivity index (χ4n) is 1.59. The maximum Gasteiger partial charge on any atom is 0.408 e. The van der Waals surface area contributed by atoms with Gasteiger partial charge in [0.25, 0.3) is 0 Å². The minimum atomic E-state index is -4.31. The Morgan fingerprint density at radius 2 is 2.12 bits per heavy atom. The van der Waals surface area contributed by atoms with Gasteiger partial charge in [0.05, 0.1) is 13.3 Å². The van der Waals surface area contributed by atoms with Crippen molar-refractivity contribution in [1.82, 2.24) is 9.78 Å². The standard InChI is InChI=1S/C10H8BrF3N2O/c1-17-8-3-2-7(11)6-4-15-16(9(6)8)5-10(12,13)14/h2-4H,5H2,1H3. The number of hydrogen-bond acceptors (Lipinski definition) is 2. The largest absolute Gasteiger partial charge is 0.494 e. The summed E-state index contributed by atoms with van der Waals surface area (Å²) in [5.74, 6) is 0.366. The van der Waals surface area contributed by atoms with E-state index in [1.807, 2.05) is 0 Å². The summed E-state index contributed by atoms with van der Waals surface area (Å²) >= 11 is 3.26. The second kappa shape index (κ2) is 4.21. The Morgan fingerprint density at radius 3 is 2.71 bits per heavy atom. The van der Waals surface area contributed by atoms with Gasteiger partial charge in [0, 0.05) is 9.86 Å². The minimum Gasteiger partial charge on any atom is -0.494 e. The van der Waals surface area contributed by atoms with E-state index in [-0.39, 0.29) is 0 Å². The van der Waals surface area contributed by atoms with Crippen molar-refractivity contribution in [3.05, 3.63) is 22.8 Å². The SMILES string of the molecule is COc1ccc(Br)c2cnn(CC(F)(F)F)c12. The molecule has 0 amide bonds. The smallest absolute Gasteiger partial charge is 0.408 e. The molecule has 1 heterocycles. The average Bonchev–Trinajstić information content (AvgIpc) is 2.62. The second-order valence-electron chi connectivity index (χ2n) is 3.43. The predicted molar refractivity (Wildman–Crippen MR) is 60.0 cm³/mol. The maximum absolute atomic E-state index is 12.4. The lowest BCUT2D eigenvalue weighted by molar-refractivity contribution is -0.141. The van der Waals surface area contributed by atoms with E-state index in [0.29, 0.717) is 21.1 Å². The van der Waals surface area contributed by atoms with E-state index in [2.05, 4.69) is 21.0 Å². The first-order chi connectivity index (χ1) is 7.92. The van der Waals surface area contributed by atoms with Crippen molar-refractivity contribution < 1.29 is 17.9 Å². The highest BCUT2D eigenvalue weighted by molar-refractivity contribution is 9.10. The molecule has 3 nitrogen and oxygen atoms in total. The van der Waals surface area contributed by atoms with Crippen LogP contribution in [0.3, 0.4) is 0 Å². The Bertz CT molecular complexity index is 550. The van der Waals surface area contributed by atoms with Gasteiger partial charge in [-0.05, 0) is 12.1 Å². The average molecular weight is 309 g/mol. The highest BCUT2D eigenvalue weighted by atomic mass is 79.9. The number of hydrogen-bond donors (Lipinski definition) is 0. The molecule has 92 valence electrons. The summed E-state index contributed by atoms with van der Waals surface area (Å²) in [4.78, 5) is 0. The van der Waals surface area contributed by atoms with Crippen molar-refractivity contribution in [2.45, 2.75) is 12.7 Å². The zero-order chi connectivity index (χ0) is 12.6. The molecule has 0 aliphatic carbocycles. The Labute approximate surface area is 103 Å². The number of methoxy groups -OCH3 is 1. The fraction of sp³-hybridized carbons (Fsp3) is 0.300. The molecule has 0 fully saturated rings. The van der Waals surface area contributed by atoms with Crippen molar-refractivity contribution in [3.8, 4) is 5.75 Å². The summed E-state index contributed by atoms with van der Waals surface area (Å²) in [5, 5.41) is 4.33. The van der Waals surface area contributed by atoms with Gasteiger partial charge >= 0.3 is 6.18 Å². The molecule has 0 saturated carbocycles. The Balaban J connectivity index is 2.61. The molecule has 17 heavy (non-hydrogen) atoms. The van der Waals surface area contributed by atoms with E-state index in [4.69, 9.17) is 4.74 Å². The van der Waals surface area contributed by atoms with Crippen molar-refractivity contribution >= 4 is 26.8 Å². The highest BCUT2D eigenvalue weighted by Gasteiger charge is 2.30. The van der Waals surface area contributed by atoms with Crippen LogP contribution < -0.4 is 4.74 Å². The van der Waals surface area contributed by atoms with Crippen LogP contribution in [0.2, 0.25) is 0 Å². The number of halogens is 4. The van der Waals surface area contributed by atoms with Crippen LogP contribution in [0.5, 0.6) is 5.75 Å². The monoisotopic (exact) mass is 308 g/mol. The molecule has 0 N–H and O–H groups in total. The lowest BCUT2D eigenvalue weighted by atomic mass is 10.2. The first-order valence-corrected chi connectivity index (χ1v) is 5.46. The predicted octanol–water partition coefficient (Wildman–Crippen LogP) is 3.37. The molecule has 2 aromatic rings. The first kappa shape index (κ1) is 12.2. The Kier molecular flexibility index (Phi) is 3.03. The summed E-state index contributed by atoms with van der Waals surface area (Å²) < 4.78 is 43.7. The van der Waals surface area contributed by atoms with Gasteiger partial charge in [-0.3, -0.25) is 4.68 Å². The van der Waals surface area contributed by atoms with Crippen LogP contribution in [0, 0.1) is 0 Å². The third-order valence-electron chi connectivity index (χ3n) is 2.26. The van der Waals surface area contributed by atoms with Gasteiger partial charge in [-0.1, -0.05) is 15.9 Å². The zero-order valence-corrected chi connectivity index (χ0v) is 10.3. The number of nitrogens with zero attached hydrogens (tertiary/aromatic N) is 2. The van der Waals surface area contributed by atoms with Crippen LogP contribution in [-0.2, 0) is 6.54 Å². The molecular formula is C10H8BrF3N2O. The second-order valence-corrected chi connectivity index (χ2v) is 4.28. The number of alkyl halides is 3. The molecule has 0 spiro atoms. The topological polar surface area (TPSA) is 27.1 Å². The van der Waals surface area contributed by atoms with E-state index >= 15 is 0 Å². The van der Waals surface area contributed by atoms with Crippen LogP contribution in [0.1, 0.15) is 0 Å². The van der Waals surface area contributed by atoms with Gasteiger partial charge in [0.15, 0.2) is 0 Å². The summed E-state index contributed by atoms with van der Waals surface area (Å²) in [6.07, 6.45) is -2.93. The van der Waals surface area contributed by atoms with E-state index < -0.39 is 12.7 Å². The lowest BCUT2D eigenvalue weighted by Crippen LogP contribution is -2.18. The molecule has 1 aromatic carbocycles.